The number of benzene rings is 2. The third-order valence-corrected chi connectivity index (χ3v) is 4.74. The number of nitrogen functional groups attached to an aromatic ring is 1. The van der Waals surface area contributed by atoms with E-state index < -0.39 is 5.97 Å². The first-order valence-electron chi connectivity index (χ1n) is 6.19. The molecule has 20 heavy (non-hydrogen) atoms. The number of nitrogens with two attached hydrogens (primary N) is 1. The molecular weight excluding hydrogens is 270 g/mol. The van der Waals surface area contributed by atoms with Crippen LogP contribution in [-0.4, -0.2) is 11.1 Å². The Balaban J connectivity index is 2.20. The fourth-order valence-electron chi connectivity index (χ4n) is 2.29. The Morgan fingerprint density at radius 1 is 1.15 bits per heavy atom. The number of carboxylic acids is 1. The standard InChI is InChI=1S/C16H13NO2S/c1-9-13(17)15(16(18)19)20-14(9)12-7-6-10-4-2-3-5-11(10)8-12/h2-8H,17H2,1H3,(H,18,19). The second kappa shape index (κ2) is 4.65. The summed E-state index contributed by atoms with van der Waals surface area (Å²) in [5.74, 6) is -0.970. The van der Waals surface area contributed by atoms with Crippen LogP contribution in [0.1, 0.15) is 15.2 Å². The molecule has 0 bridgehead atoms. The molecule has 2 aromatic carbocycles. The highest BCUT2D eigenvalue weighted by Crippen LogP contribution is 2.38. The minimum Gasteiger partial charge on any atom is -0.477 e. The van der Waals surface area contributed by atoms with E-state index in [0.29, 0.717) is 5.69 Å². The van der Waals surface area contributed by atoms with E-state index >= 15 is 0 Å². The minimum absolute atomic E-state index is 0.214. The molecule has 0 aliphatic rings. The predicted molar refractivity (Wildman–Crippen MR) is 83.4 cm³/mol. The predicted octanol–water partition coefficient (Wildman–Crippen LogP) is 4.16. The van der Waals surface area contributed by atoms with Gasteiger partial charge in [-0.2, -0.15) is 0 Å². The molecule has 3 aromatic rings. The van der Waals surface area contributed by atoms with Crippen LogP contribution in [0.15, 0.2) is 42.5 Å². The first-order chi connectivity index (χ1) is 9.58. The van der Waals surface area contributed by atoms with E-state index in [1.807, 2.05) is 37.3 Å². The molecule has 100 valence electrons. The zero-order valence-electron chi connectivity index (χ0n) is 10.9. The molecule has 0 saturated heterocycles. The van der Waals surface area contributed by atoms with Crippen molar-refractivity contribution < 1.29 is 9.90 Å². The van der Waals surface area contributed by atoms with Gasteiger partial charge in [-0.25, -0.2) is 4.79 Å². The normalized spacial score (nSPS) is 10.8. The summed E-state index contributed by atoms with van der Waals surface area (Å²) in [4.78, 5) is 12.3. The van der Waals surface area contributed by atoms with Crippen molar-refractivity contribution in [2.24, 2.45) is 0 Å². The van der Waals surface area contributed by atoms with Crippen molar-refractivity contribution in [2.45, 2.75) is 6.92 Å². The number of hydrogen-bond donors (Lipinski definition) is 2. The van der Waals surface area contributed by atoms with Gasteiger partial charge in [0.15, 0.2) is 0 Å². The van der Waals surface area contributed by atoms with Gasteiger partial charge in [0.2, 0.25) is 0 Å². The topological polar surface area (TPSA) is 63.3 Å². The van der Waals surface area contributed by atoms with Crippen molar-refractivity contribution in [3.05, 3.63) is 52.9 Å². The number of carbonyl (C=O) groups is 1. The molecule has 0 atom stereocenters. The van der Waals surface area contributed by atoms with Gasteiger partial charge in [0, 0.05) is 4.88 Å². The molecule has 3 nitrogen and oxygen atoms in total. The van der Waals surface area contributed by atoms with Crippen LogP contribution in [0.5, 0.6) is 0 Å². The van der Waals surface area contributed by atoms with E-state index in [-0.39, 0.29) is 4.88 Å². The van der Waals surface area contributed by atoms with Crippen molar-refractivity contribution in [1.29, 1.82) is 0 Å². The van der Waals surface area contributed by atoms with Crippen molar-refractivity contribution in [3.8, 4) is 10.4 Å². The van der Waals surface area contributed by atoms with Crippen LogP contribution in [0.25, 0.3) is 21.2 Å². The number of aromatic carboxylic acids is 1. The first-order valence-corrected chi connectivity index (χ1v) is 7.01. The van der Waals surface area contributed by atoms with E-state index in [4.69, 9.17) is 10.8 Å². The lowest BCUT2D eigenvalue weighted by atomic mass is 10.0. The largest absolute Gasteiger partial charge is 0.477 e. The molecule has 1 aromatic heterocycles. The lowest BCUT2D eigenvalue weighted by Crippen LogP contribution is -1.97. The number of rotatable bonds is 2. The summed E-state index contributed by atoms with van der Waals surface area (Å²) in [5, 5.41) is 11.4. The average Bonchev–Trinajstić information content (AvgIpc) is 2.75. The first kappa shape index (κ1) is 12.7. The van der Waals surface area contributed by atoms with E-state index in [0.717, 1.165) is 26.8 Å². The maximum Gasteiger partial charge on any atom is 0.348 e. The van der Waals surface area contributed by atoms with Gasteiger partial charge in [-0.3, -0.25) is 0 Å². The summed E-state index contributed by atoms with van der Waals surface area (Å²) < 4.78 is 0. The Kier molecular flexibility index (Phi) is 2.95. The summed E-state index contributed by atoms with van der Waals surface area (Å²) in [7, 11) is 0. The van der Waals surface area contributed by atoms with Crippen LogP contribution in [0.3, 0.4) is 0 Å². The molecule has 0 spiro atoms. The van der Waals surface area contributed by atoms with Gasteiger partial charge in [0.05, 0.1) is 5.69 Å². The summed E-state index contributed by atoms with van der Waals surface area (Å²) in [6, 6.07) is 14.2. The van der Waals surface area contributed by atoms with E-state index in [1.54, 1.807) is 0 Å². The monoisotopic (exact) mass is 283 g/mol. The van der Waals surface area contributed by atoms with Crippen LogP contribution in [0, 0.1) is 6.92 Å². The number of anilines is 1. The summed E-state index contributed by atoms with van der Waals surface area (Å²) >= 11 is 1.23. The molecule has 0 amide bonds. The second-order valence-corrected chi connectivity index (χ2v) is 5.69. The van der Waals surface area contributed by atoms with E-state index in [9.17, 15) is 4.79 Å². The molecule has 4 heteroatoms. The quantitative estimate of drug-likeness (QED) is 0.742. The fourth-order valence-corrected chi connectivity index (χ4v) is 3.35. The Hall–Kier alpha value is -2.33. The SMILES string of the molecule is Cc1c(-c2ccc3ccccc3c2)sc(C(=O)O)c1N. The number of fused-ring (bicyclic) bond motifs is 1. The van der Waals surface area contributed by atoms with Gasteiger partial charge in [-0.15, -0.1) is 11.3 Å². The van der Waals surface area contributed by atoms with Crippen LogP contribution in [-0.2, 0) is 0 Å². The molecule has 0 radical (unpaired) electrons. The smallest absolute Gasteiger partial charge is 0.348 e. The van der Waals surface area contributed by atoms with Crippen LogP contribution >= 0.6 is 11.3 Å². The van der Waals surface area contributed by atoms with E-state index in [2.05, 4.69) is 12.1 Å². The van der Waals surface area contributed by atoms with Gasteiger partial charge in [0.1, 0.15) is 4.88 Å². The zero-order chi connectivity index (χ0) is 14.3. The number of thiophene rings is 1. The van der Waals surface area contributed by atoms with Crippen molar-refractivity contribution in [2.75, 3.05) is 5.73 Å². The Morgan fingerprint density at radius 3 is 2.50 bits per heavy atom. The zero-order valence-corrected chi connectivity index (χ0v) is 11.7. The average molecular weight is 283 g/mol. The minimum atomic E-state index is -0.970. The molecule has 0 aliphatic carbocycles. The molecular formula is C16H13NO2S. The summed E-state index contributed by atoms with van der Waals surface area (Å²) in [5.41, 5.74) is 8.09. The molecule has 0 unspecified atom stereocenters. The molecule has 0 fully saturated rings. The highest BCUT2D eigenvalue weighted by molar-refractivity contribution is 7.18. The van der Waals surface area contributed by atoms with Gasteiger partial charge in [-0.1, -0.05) is 36.4 Å². The van der Waals surface area contributed by atoms with Crippen LogP contribution in [0.4, 0.5) is 5.69 Å². The molecule has 1 heterocycles. The third-order valence-electron chi connectivity index (χ3n) is 3.40. The van der Waals surface area contributed by atoms with Crippen molar-refractivity contribution >= 4 is 33.8 Å². The van der Waals surface area contributed by atoms with Crippen molar-refractivity contribution in [3.63, 3.8) is 0 Å². The van der Waals surface area contributed by atoms with Gasteiger partial charge >= 0.3 is 5.97 Å². The Labute approximate surface area is 120 Å². The summed E-state index contributed by atoms with van der Waals surface area (Å²) in [6.07, 6.45) is 0. The Bertz CT molecular complexity index is 820. The number of carboxylic acid groups (broad SMARTS) is 1. The maximum atomic E-state index is 11.2. The molecule has 3 rings (SSSR count). The lowest BCUT2D eigenvalue weighted by molar-refractivity contribution is 0.0703. The van der Waals surface area contributed by atoms with Gasteiger partial charge < -0.3 is 10.8 Å². The molecule has 0 aliphatic heterocycles. The highest BCUT2D eigenvalue weighted by atomic mass is 32.1. The maximum absolute atomic E-state index is 11.2. The van der Waals surface area contributed by atoms with Crippen LogP contribution < -0.4 is 5.73 Å². The number of hydrogen-bond acceptors (Lipinski definition) is 3. The third kappa shape index (κ3) is 1.94. The highest BCUT2D eigenvalue weighted by Gasteiger charge is 2.18. The van der Waals surface area contributed by atoms with Crippen molar-refractivity contribution in [1.82, 2.24) is 0 Å². The molecule has 0 saturated carbocycles. The van der Waals surface area contributed by atoms with Crippen LogP contribution in [0.2, 0.25) is 0 Å². The second-order valence-electron chi connectivity index (χ2n) is 4.67. The van der Waals surface area contributed by atoms with E-state index in [1.165, 1.54) is 11.3 Å². The molecule has 3 N–H and O–H groups in total. The summed E-state index contributed by atoms with van der Waals surface area (Å²) in [6.45, 7) is 1.86. The van der Waals surface area contributed by atoms with Gasteiger partial charge in [0.25, 0.3) is 0 Å². The fraction of sp³-hybridized carbons (Fsp3) is 0.0625. The Morgan fingerprint density at radius 2 is 1.85 bits per heavy atom. The van der Waals surface area contributed by atoms with Gasteiger partial charge in [-0.05, 0) is 34.9 Å². The lowest BCUT2D eigenvalue weighted by Gasteiger charge is -2.03.